The number of hydrogen-bond acceptors (Lipinski definition) is 4. The molecule has 1 aliphatic rings. The Bertz CT molecular complexity index is 959. The largest absolute Gasteiger partial charge is 0.352 e. The topological polar surface area (TPSA) is 81.2 Å². The first-order chi connectivity index (χ1) is 14.7. The van der Waals surface area contributed by atoms with E-state index in [1.165, 1.54) is 11.9 Å². The highest BCUT2D eigenvalue weighted by atomic mass is 127. The van der Waals surface area contributed by atoms with Crippen LogP contribution in [0.15, 0.2) is 65.9 Å². The number of benzene rings is 2. The van der Waals surface area contributed by atoms with Crippen LogP contribution >= 0.6 is 24.0 Å². The molecule has 2 unspecified atom stereocenters. The van der Waals surface area contributed by atoms with Gasteiger partial charge in [-0.05, 0) is 30.5 Å². The van der Waals surface area contributed by atoms with Crippen molar-refractivity contribution >= 4 is 29.9 Å². The van der Waals surface area contributed by atoms with Gasteiger partial charge in [0.15, 0.2) is 11.8 Å². The monoisotopic (exact) mass is 531 g/mol. The van der Waals surface area contributed by atoms with Crippen LogP contribution in [-0.2, 0) is 13.1 Å². The second-order valence-electron chi connectivity index (χ2n) is 7.80. The molecule has 0 aliphatic carbocycles. The summed E-state index contributed by atoms with van der Waals surface area (Å²) in [6.45, 7) is 4.99. The lowest BCUT2D eigenvalue weighted by molar-refractivity contribution is 0.258. The fourth-order valence-electron chi connectivity index (χ4n) is 3.99. The summed E-state index contributed by atoms with van der Waals surface area (Å²) in [7, 11) is 1.82. The molecule has 3 N–H and O–H groups in total. The van der Waals surface area contributed by atoms with Crippen LogP contribution in [0.4, 0.5) is 0 Å². The molecule has 1 aromatic heterocycles. The number of guanidine groups is 1. The van der Waals surface area contributed by atoms with E-state index in [1.54, 1.807) is 0 Å². The normalized spacial score (nSPS) is 19.1. The molecule has 2 aromatic carbocycles. The van der Waals surface area contributed by atoms with Gasteiger partial charge in [0.2, 0.25) is 0 Å². The van der Waals surface area contributed by atoms with E-state index in [4.69, 9.17) is 0 Å². The van der Waals surface area contributed by atoms with Gasteiger partial charge in [-0.2, -0.15) is 5.10 Å². The Morgan fingerprint density at radius 2 is 1.97 bits per heavy atom. The van der Waals surface area contributed by atoms with Gasteiger partial charge in [-0.3, -0.25) is 15.0 Å². The second kappa shape index (κ2) is 11.2. The van der Waals surface area contributed by atoms with E-state index in [0.29, 0.717) is 18.6 Å². The number of aliphatic imine (C=N–C) groups is 1. The summed E-state index contributed by atoms with van der Waals surface area (Å²) in [5, 5.41) is 13.9. The number of H-pyrrole nitrogens is 1. The van der Waals surface area contributed by atoms with Gasteiger partial charge in [0.05, 0.1) is 0 Å². The molecule has 0 amide bonds. The minimum atomic E-state index is 0. The first kappa shape index (κ1) is 23.2. The third-order valence-electron chi connectivity index (χ3n) is 5.57. The van der Waals surface area contributed by atoms with Crippen LogP contribution in [-0.4, -0.2) is 51.7 Å². The predicted molar refractivity (Wildman–Crippen MR) is 135 cm³/mol. The van der Waals surface area contributed by atoms with Crippen LogP contribution in [0.3, 0.4) is 0 Å². The van der Waals surface area contributed by atoms with Crippen LogP contribution in [0.25, 0.3) is 11.4 Å². The van der Waals surface area contributed by atoms with E-state index in [2.05, 4.69) is 85.1 Å². The zero-order valence-electron chi connectivity index (χ0n) is 18.0. The Morgan fingerprint density at radius 1 is 1.16 bits per heavy atom. The molecule has 1 fully saturated rings. The average Bonchev–Trinajstić information content (AvgIpc) is 3.42. The van der Waals surface area contributed by atoms with Crippen molar-refractivity contribution in [1.29, 1.82) is 0 Å². The minimum absolute atomic E-state index is 0. The van der Waals surface area contributed by atoms with Crippen LogP contribution in [0, 0.1) is 0 Å². The van der Waals surface area contributed by atoms with E-state index in [-0.39, 0.29) is 24.0 Å². The van der Waals surface area contributed by atoms with Crippen molar-refractivity contribution in [3.8, 4) is 11.4 Å². The van der Waals surface area contributed by atoms with Gasteiger partial charge in [-0.15, -0.1) is 24.0 Å². The highest BCUT2D eigenvalue weighted by Crippen LogP contribution is 2.20. The first-order valence-corrected chi connectivity index (χ1v) is 10.4. The Hall–Kier alpha value is -2.46. The molecule has 2 heterocycles. The van der Waals surface area contributed by atoms with Crippen molar-refractivity contribution in [2.75, 3.05) is 13.6 Å². The minimum Gasteiger partial charge on any atom is -0.352 e. The summed E-state index contributed by atoms with van der Waals surface area (Å²) in [5.74, 6) is 1.61. The van der Waals surface area contributed by atoms with E-state index < -0.39 is 0 Å². The average molecular weight is 531 g/mol. The van der Waals surface area contributed by atoms with Crippen molar-refractivity contribution in [2.24, 2.45) is 4.99 Å². The summed E-state index contributed by atoms with van der Waals surface area (Å²) >= 11 is 0. The molecule has 0 radical (unpaired) electrons. The maximum absolute atomic E-state index is 4.42. The van der Waals surface area contributed by atoms with Crippen LogP contribution in [0.1, 0.15) is 24.5 Å². The SMILES string of the molecule is CN=C(NCc1cccc(-c2ncn[nH]2)c1)NC1CC(C)N(Cc2ccccc2)C1.I. The highest BCUT2D eigenvalue weighted by molar-refractivity contribution is 14.0. The summed E-state index contributed by atoms with van der Waals surface area (Å²) in [4.78, 5) is 11.2. The van der Waals surface area contributed by atoms with Crippen molar-refractivity contribution in [3.05, 3.63) is 72.1 Å². The molecule has 2 atom stereocenters. The Morgan fingerprint density at radius 3 is 2.71 bits per heavy atom. The fourth-order valence-corrected chi connectivity index (χ4v) is 3.99. The molecule has 4 rings (SSSR count). The number of aromatic amines is 1. The third-order valence-corrected chi connectivity index (χ3v) is 5.57. The molecule has 0 spiro atoms. The number of nitrogens with one attached hydrogen (secondary N) is 3. The molecular formula is C23H30IN7. The maximum atomic E-state index is 4.42. The molecule has 164 valence electrons. The number of likely N-dealkylation sites (tertiary alicyclic amines) is 1. The van der Waals surface area contributed by atoms with Crippen molar-refractivity contribution in [1.82, 2.24) is 30.7 Å². The maximum Gasteiger partial charge on any atom is 0.191 e. The van der Waals surface area contributed by atoms with E-state index in [9.17, 15) is 0 Å². The molecule has 3 aromatic rings. The highest BCUT2D eigenvalue weighted by Gasteiger charge is 2.29. The third kappa shape index (κ3) is 6.27. The zero-order chi connectivity index (χ0) is 20.8. The summed E-state index contributed by atoms with van der Waals surface area (Å²) in [6, 6.07) is 19.9. The van der Waals surface area contributed by atoms with Gasteiger partial charge in [0.1, 0.15) is 6.33 Å². The van der Waals surface area contributed by atoms with Crippen molar-refractivity contribution in [3.63, 3.8) is 0 Å². The number of rotatable bonds is 6. The molecule has 1 aliphatic heterocycles. The van der Waals surface area contributed by atoms with Crippen LogP contribution < -0.4 is 10.6 Å². The van der Waals surface area contributed by atoms with Crippen molar-refractivity contribution in [2.45, 2.75) is 38.5 Å². The molecular weight excluding hydrogens is 501 g/mol. The summed E-state index contributed by atoms with van der Waals surface area (Å²) in [6.07, 6.45) is 2.63. The number of aromatic nitrogens is 3. The van der Waals surface area contributed by atoms with Crippen LogP contribution in [0.2, 0.25) is 0 Å². The van der Waals surface area contributed by atoms with Gasteiger partial charge in [0, 0.05) is 44.3 Å². The number of halogens is 1. The van der Waals surface area contributed by atoms with Crippen LogP contribution in [0.5, 0.6) is 0 Å². The number of hydrogen-bond donors (Lipinski definition) is 3. The van der Waals surface area contributed by atoms with Gasteiger partial charge in [-0.1, -0.05) is 48.5 Å². The molecule has 0 bridgehead atoms. The standard InChI is InChI=1S/C23H29N7.HI/c1-17-11-21(15-30(17)14-18-7-4-3-5-8-18)28-23(24-2)25-13-19-9-6-10-20(12-19)22-26-16-27-29-22;/h3-10,12,16-17,21H,11,13-15H2,1-2H3,(H2,24,25,28)(H,26,27,29);1H. The Labute approximate surface area is 200 Å². The summed E-state index contributed by atoms with van der Waals surface area (Å²) < 4.78 is 0. The number of nitrogens with zero attached hydrogens (tertiary/aromatic N) is 4. The van der Waals surface area contributed by atoms with E-state index in [0.717, 1.165) is 42.4 Å². The molecule has 8 heteroatoms. The van der Waals surface area contributed by atoms with Gasteiger partial charge < -0.3 is 10.6 Å². The lowest BCUT2D eigenvalue weighted by atomic mass is 10.1. The fraction of sp³-hybridized carbons (Fsp3) is 0.348. The van der Waals surface area contributed by atoms with Gasteiger partial charge in [0.25, 0.3) is 0 Å². The van der Waals surface area contributed by atoms with Gasteiger partial charge in [-0.25, -0.2) is 4.98 Å². The van der Waals surface area contributed by atoms with E-state index >= 15 is 0 Å². The van der Waals surface area contributed by atoms with Crippen molar-refractivity contribution < 1.29 is 0 Å². The zero-order valence-corrected chi connectivity index (χ0v) is 20.3. The first-order valence-electron chi connectivity index (χ1n) is 10.4. The Balaban J connectivity index is 0.00000272. The quantitative estimate of drug-likeness (QED) is 0.258. The Kier molecular flexibility index (Phi) is 8.42. The molecule has 1 saturated heterocycles. The lowest BCUT2D eigenvalue weighted by Gasteiger charge is -2.21. The predicted octanol–water partition coefficient (Wildman–Crippen LogP) is 3.42. The summed E-state index contributed by atoms with van der Waals surface area (Å²) in [5.41, 5.74) is 3.55. The molecule has 7 nitrogen and oxygen atoms in total. The lowest BCUT2D eigenvalue weighted by Crippen LogP contribution is -2.44. The van der Waals surface area contributed by atoms with Gasteiger partial charge >= 0.3 is 0 Å². The smallest absolute Gasteiger partial charge is 0.191 e. The second-order valence-corrected chi connectivity index (χ2v) is 7.80. The van der Waals surface area contributed by atoms with E-state index in [1.807, 2.05) is 19.2 Å². The molecule has 0 saturated carbocycles. The molecule has 31 heavy (non-hydrogen) atoms.